The third-order valence-corrected chi connectivity index (χ3v) is 2.86. The molecule has 0 aromatic carbocycles. The molecule has 0 aromatic heterocycles. The van der Waals surface area contributed by atoms with Crippen LogP contribution in [0, 0.1) is 5.92 Å². The largest absolute Gasteiger partial charge is 0.481 e. The van der Waals surface area contributed by atoms with Gasteiger partial charge in [0.1, 0.15) is 0 Å². The van der Waals surface area contributed by atoms with E-state index < -0.39 is 12.0 Å². The number of nitrogens with zero attached hydrogens (tertiary/aromatic N) is 1. The lowest BCUT2D eigenvalue weighted by molar-refractivity contribution is -0.141. The zero-order valence-electron chi connectivity index (χ0n) is 10.3. The number of ether oxygens (including phenoxy) is 1. The molecule has 0 bridgehead atoms. The fourth-order valence-electron chi connectivity index (χ4n) is 1.99. The molecule has 0 spiro atoms. The van der Waals surface area contributed by atoms with Gasteiger partial charge in [0.15, 0.2) is 0 Å². The highest BCUT2D eigenvalue weighted by molar-refractivity contribution is 5.86. The van der Waals surface area contributed by atoms with Crippen LogP contribution < -0.4 is 5.32 Å². The highest BCUT2D eigenvalue weighted by atomic mass is 16.5. The fourth-order valence-corrected chi connectivity index (χ4v) is 1.99. The Labute approximate surface area is 101 Å². The van der Waals surface area contributed by atoms with Crippen molar-refractivity contribution in [2.75, 3.05) is 33.4 Å². The summed E-state index contributed by atoms with van der Waals surface area (Å²) in [6, 6.07) is -0.590. The summed E-state index contributed by atoms with van der Waals surface area (Å²) in [6.07, 6.45) is -0.164. The summed E-state index contributed by atoms with van der Waals surface area (Å²) in [4.78, 5) is 24.5. The summed E-state index contributed by atoms with van der Waals surface area (Å²) in [5.41, 5.74) is 0. The van der Waals surface area contributed by atoms with E-state index in [9.17, 15) is 9.59 Å². The minimum Gasteiger partial charge on any atom is -0.481 e. The molecule has 0 saturated carbocycles. The van der Waals surface area contributed by atoms with Gasteiger partial charge in [0.2, 0.25) is 5.91 Å². The topological polar surface area (TPSA) is 78.9 Å². The number of rotatable bonds is 5. The van der Waals surface area contributed by atoms with E-state index in [1.165, 1.54) is 0 Å². The van der Waals surface area contributed by atoms with E-state index in [2.05, 4.69) is 5.32 Å². The average molecular weight is 244 g/mol. The Morgan fingerprint density at radius 3 is 2.94 bits per heavy atom. The summed E-state index contributed by atoms with van der Waals surface area (Å²) in [5, 5.41) is 11.6. The van der Waals surface area contributed by atoms with Crippen LogP contribution in [0.3, 0.4) is 0 Å². The van der Waals surface area contributed by atoms with Crippen LogP contribution in [0.2, 0.25) is 0 Å². The maximum absolute atomic E-state index is 11.8. The number of hydrogen-bond acceptors (Lipinski definition) is 4. The first-order valence-electron chi connectivity index (χ1n) is 5.77. The van der Waals surface area contributed by atoms with Crippen LogP contribution >= 0.6 is 0 Å². The zero-order chi connectivity index (χ0) is 12.8. The normalized spacial score (nSPS) is 26.4. The predicted molar refractivity (Wildman–Crippen MR) is 61.7 cm³/mol. The second-order valence-electron chi connectivity index (χ2n) is 4.45. The molecule has 1 fully saturated rings. The van der Waals surface area contributed by atoms with Crippen LogP contribution in [-0.2, 0) is 14.3 Å². The first-order valence-corrected chi connectivity index (χ1v) is 5.77. The van der Waals surface area contributed by atoms with Crippen molar-refractivity contribution in [2.45, 2.75) is 19.4 Å². The molecule has 2 atom stereocenters. The van der Waals surface area contributed by atoms with Gasteiger partial charge in [-0.05, 0) is 5.92 Å². The predicted octanol–water partition coefficient (Wildman–Crippen LogP) is -0.456. The van der Waals surface area contributed by atoms with Crippen molar-refractivity contribution >= 4 is 11.9 Å². The maximum Gasteiger partial charge on any atom is 0.305 e. The van der Waals surface area contributed by atoms with E-state index in [4.69, 9.17) is 9.84 Å². The molecule has 17 heavy (non-hydrogen) atoms. The lowest BCUT2D eigenvalue weighted by Crippen LogP contribution is -2.46. The highest BCUT2D eigenvalue weighted by Gasteiger charge is 2.31. The van der Waals surface area contributed by atoms with Crippen LogP contribution in [0.1, 0.15) is 13.3 Å². The number of nitrogens with one attached hydrogen (secondary N) is 1. The van der Waals surface area contributed by atoms with Gasteiger partial charge in [-0.2, -0.15) is 0 Å². The zero-order valence-corrected chi connectivity index (χ0v) is 10.3. The smallest absolute Gasteiger partial charge is 0.305 e. The van der Waals surface area contributed by atoms with Gasteiger partial charge in [0.25, 0.3) is 0 Å². The van der Waals surface area contributed by atoms with Crippen molar-refractivity contribution in [1.82, 2.24) is 10.2 Å². The number of hydrogen-bond donors (Lipinski definition) is 2. The fraction of sp³-hybridized carbons (Fsp3) is 0.818. The van der Waals surface area contributed by atoms with Crippen LogP contribution in [0.15, 0.2) is 0 Å². The third-order valence-electron chi connectivity index (χ3n) is 2.86. The summed E-state index contributed by atoms with van der Waals surface area (Å²) in [6.45, 7) is 4.41. The summed E-state index contributed by atoms with van der Waals surface area (Å²) in [7, 11) is 1.59. The van der Waals surface area contributed by atoms with E-state index in [1.807, 2.05) is 11.8 Å². The molecule has 1 aliphatic rings. The molecule has 1 aliphatic heterocycles. The number of carbonyl (C=O) groups excluding carboxylic acids is 1. The molecule has 0 radical (unpaired) electrons. The van der Waals surface area contributed by atoms with Crippen molar-refractivity contribution in [1.29, 1.82) is 0 Å². The van der Waals surface area contributed by atoms with E-state index in [1.54, 1.807) is 7.11 Å². The lowest BCUT2D eigenvalue weighted by atomic mass is 10.1. The average Bonchev–Trinajstić information content (AvgIpc) is 2.39. The molecule has 0 aromatic rings. The summed E-state index contributed by atoms with van der Waals surface area (Å²) in [5.74, 6) is -0.843. The minimum absolute atomic E-state index is 0.164. The van der Waals surface area contributed by atoms with Crippen LogP contribution in [0.5, 0.6) is 0 Å². The number of carboxylic acids is 1. The Hall–Kier alpha value is -1.14. The van der Waals surface area contributed by atoms with Gasteiger partial charge in [-0.3, -0.25) is 14.5 Å². The van der Waals surface area contributed by atoms with Crippen LogP contribution in [0.25, 0.3) is 0 Å². The van der Waals surface area contributed by atoms with E-state index in [0.29, 0.717) is 32.2 Å². The number of aliphatic carboxylic acids is 1. The van der Waals surface area contributed by atoms with Crippen molar-refractivity contribution in [3.8, 4) is 0 Å². The second kappa shape index (κ2) is 6.56. The Balaban J connectivity index is 2.73. The Kier molecular flexibility index (Phi) is 5.37. The maximum atomic E-state index is 11.8. The molecular weight excluding hydrogens is 224 g/mol. The molecule has 1 rings (SSSR count). The molecule has 6 nitrogen and oxygen atoms in total. The molecule has 6 heteroatoms. The van der Waals surface area contributed by atoms with Gasteiger partial charge in [0, 0.05) is 26.7 Å². The molecule has 0 aliphatic carbocycles. The van der Waals surface area contributed by atoms with Gasteiger partial charge in [-0.25, -0.2) is 0 Å². The number of methoxy groups -OCH3 is 1. The van der Waals surface area contributed by atoms with Crippen molar-refractivity contribution in [3.05, 3.63) is 0 Å². The van der Waals surface area contributed by atoms with Gasteiger partial charge in [0.05, 0.1) is 19.1 Å². The number of carbonyl (C=O) groups is 2. The molecule has 1 saturated heterocycles. The van der Waals surface area contributed by atoms with E-state index in [0.717, 1.165) is 0 Å². The highest BCUT2D eigenvalue weighted by Crippen LogP contribution is 2.12. The van der Waals surface area contributed by atoms with Gasteiger partial charge in [-0.1, -0.05) is 6.92 Å². The summed E-state index contributed by atoms with van der Waals surface area (Å²) >= 11 is 0. The number of amides is 1. The molecule has 2 unspecified atom stereocenters. The standard InChI is InChI=1S/C11H20N2O4/c1-8-6-12-11(16)9(5-10(14)15)13(7-8)3-4-17-2/h8-9H,3-7H2,1-2H3,(H,12,16)(H,14,15). The van der Waals surface area contributed by atoms with Gasteiger partial charge < -0.3 is 15.2 Å². The Bertz CT molecular complexity index is 283. The monoisotopic (exact) mass is 244 g/mol. The first-order chi connectivity index (χ1) is 8.04. The second-order valence-corrected chi connectivity index (χ2v) is 4.45. The van der Waals surface area contributed by atoms with Crippen LogP contribution in [0.4, 0.5) is 0 Å². The Morgan fingerprint density at radius 1 is 1.65 bits per heavy atom. The van der Waals surface area contributed by atoms with Crippen molar-refractivity contribution in [2.24, 2.45) is 5.92 Å². The van der Waals surface area contributed by atoms with E-state index in [-0.39, 0.29) is 12.3 Å². The van der Waals surface area contributed by atoms with Crippen LogP contribution in [-0.4, -0.2) is 61.3 Å². The minimum atomic E-state index is -0.956. The van der Waals surface area contributed by atoms with E-state index >= 15 is 0 Å². The number of carboxylic acid groups (broad SMARTS) is 1. The molecule has 1 amide bonds. The SMILES string of the molecule is COCCN1CC(C)CNC(=O)C1CC(=O)O. The summed E-state index contributed by atoms with van der Waals surface area (Å²) < 4.78 is 4.99. The quantitative estimate of drug-likeness (QED) is 0.684. The van der Waals surface area contributed by atoms with Crippen molar-refractivity contribution in [3.63, 3.8) is 0 Å². The molecule has 1 heterocycles. The van der Waals surface area contributed by atoms with Gasteiger partial charge >= 0.3 is 5.97 Å². The van der Waals surface area contributed by atoms with Gasteiger partial charge in [-0.15, -0.1) is 0 Å². The van der Waals surface area contributed by atoms with Crippen molar-refractivity contribution < 1.29 is 19.4 Å². The lowest BCUT2D eigenvalue weighted by Gasteiger charge is -2.27. The first kappa shape index (κ1) is 13.9. The molecule has 2 N–H and O–H groups in total. The third kappa shape index (κ3) is 4.32. The molecular formula is C11H20N2O4. The molecule has 98 valence electrons. The Morgan fingerprint density at radius 2 is 2.35 bits per heavy atom.